The van der Waals surface area contributed by atoms with E-state index in [1.165, 1.54) is 32.1 Å². The predicted molar refractivity (Wildman–Crippen MR) is 67.8 cm³/mol. The van der Waals surface area contributed by atoms with Gasteiger partial charge in [-0.2, -0.15) is 0 Å². The highest BCUT2D eigenvalue weighted by molar-refractivity contribution is 5.01. The van der Waals surface area contributed by atoms with Crippen molar-refractivity contribution < 1.29 is 0 Å². The summed E-state index contributed by atoms with van der Waals surface area (Å²) in [5.74, 6) is 1.34. The first kappa shape index (κ1) is 13.0. The molecule has 0 amide bonds. The lowest BCUT2D eigenvalue weighted by Gasteiger charge is -2.51. The second kappa shape index (κ2) is 4.45. The van der Waals surface area contributed by atoms with Crippen LogP contribution in [0.1, 0.15) is 66.7 Å². The normalized spacial score (nSPS) is 35.2. The number of hydrogen-bond acceptors (Lipinski definition) is 1. The molecule has 0 aromatic carbocycles. The van der Waals surface area contributed by atoms with Gasteiger partial charge in [0.15, 0.2) is 0 Å². The highest BCUT2D eigenvalue weighted by atomic mass is 14.8. The third-order valence-electron chi connectivity index (χ3n) is 4.58. The second-order valence-electron chi connectivity index (χ2n) is 6.59. The maximum Gasteiger partial charge on any atom is 0.0213 e. The Balaban J connectivity index is 2.91. The van der Waals surface area contributed by atoms with Crippen LogP contribution in [0, 0.1) is 17.3 Å². The molecule has 0 aliphatic heterocycles. The van der Waals surface area contributed by atoms with Crippen molar-refractivity contribution in [3.05, 3.63) is 0 Å². The van der Waals surface area contributed by atoms with Gasteiger partial charge in [0.25, 0.3) is 0 Å². The molecule has 0 heterocycles. The molecule has 1 saturated carbocycles. The molecule has 3 atom stereocenters. The van der Waals surface area contributed by atoms with Gasteiger partial charge in [-0.25, -0.2) is 0 Å². The van der Waals surface area contributed by atoms with Crippen LogP contribution in [0.25, 0.3) is 0 Å². The fourth-order valence-corrected chi connectivity index (χ4v) is 3.43. The first-order chi connectivity index (χ1) is 6.82. The van der Waals surface area contributed by atoms with Crippen molar-refractivity contribution in [1.29, 1.82) is 0 Å². The zero-order valence-corrected chi connectivity index (χ0v) is 11.3. The molecule has 0 saturated heterocycles. The highest BCUT2D eigenvalue weighted by Crippen LogP contribution is 2.46. The molecule has 1 nitrogen and oxygen atoms in total. The van der Waals surface area contributed by atoms with E-state index in [1.54, 1.807) is 0 Å². The minimum Gasteiger partial charge on any atom is -0.325 e. The Kier molecular flexibility index (Phi) is 3.86. The molecule has 1 aliphatic rings. The van der Waals surface area contributed by atoms with Crippen LogP contribution in [-0.2, 0) is 0 Å². The summed E-state index contributed by atoms with van der Waals surface area (Å²) >= 11 is 0. The van der Waals surface area contributed by atoms with Gasteiger partial charge in [0, 0.05) is 5.54 Å². The van der Waals surface area contributed by atoms with E-state index < -0.39 is 0 Å². The summed E-state index contributed by atoms with van der Waals surface area (Å²) in [6.07, 6.45) is 6.46. The van der Waals surface area contributed by atoms with E-state index in [2.05, 4.69) is 34.6 Å². The van der Waals surface area contributed by atoms with Crippen molar-refractivity contribution in [2.75, 3.05) is 0 Å². The maximum absolute atomic E-state index is 6.74. The summed E-state index contributed by atoms with van der Waals surface area (Å²) in [4.78, 5) is 0. The molecule has 15 heavy (non-hydrogen) atoms. The third-order valence-corrected chi connectivity index (χ3v) is 4.58. The standard InChI is InChI=1S/C14H29N/c1-6-11(2)14(15)10-8-7-9-12(14)13(3,4)5/h11-12H,6-10,15H2,1-5H3. The quantitative estimate of drug-likeness (QED) is 0.735. The van der Waals surface area contributed by atoms with Crippen molar-refractivity contribution in [2.45, 2.75) is 72.3 Å². The van der Waals surface area contributed by atoms with Crippen molar-refractivity contribution in [3.63, 3.8) is 0 Å². The van der Waals surface area contributed by atoms with Gasteiger partial charge in [-0.15, -0.1) is 0 Å². The molecule has 1 rings (SSSR count). The van der Waals surface area contributed by atoms with E-state index in [9.17, 15) is 0 Å². The molecule has 0 bridgehead atoms. The molecule has 0 aromatic heterocycles. The van der Waals surface area contributed by atoms with E-state index in [1.807, 2.05) is 0 Å². The molecule has 0 radical (unpaired) electrons. The first-order valence-corrected chi connectivity index (χ1v) is 6.61. The van der Waals surface area contributed by atoms with Gasteiger partial charge >= 0.3 is 0 Å². The molecular formula is C14H29N. The van der Waals surface area contributed by atoms with Crippen LogP contribution in [-0.4, -0.2) is 5.54 Å². The van der Waals surface area contributed by atoms with Gasteiger partial charge in [0.2, 0.25) is 0 Å². The Labute approximate surface area is 95.8 Å². The van der Waals surface area contributed by atoms with Gasteiger partial charge in [-0.3, -0.25) is 0 Å². The van der Waals surface area contributed by atoms with E-state index in [-0.39, 0.29) is 5.54 Å². The minimum atomic E-state index is 0.0885. The van der Waals surface area contributed by atoms with Crippen molar-refractivity contribution >= 4 is 0 Å². The molecule has 1 fully saturated rings. The molecule has 0 aromatic rings. The SMILES string of the molecule is CCC(C)C1(N)CCCCC1C(C)(C)C. The lowest BCUT2D eigenvalue weighted by Crippen LogP contribution is -2.57. The fourth-order valence-electron chi connectivity index (χ4n) is 3.43. The zero-order chi connectivity index (χ0) is 11.7. The molecule has 90 valence electrons. The average Bonchev–Trinajstić information content (AvgIpc) is 2.15. The Hall–Kier alpha value is -0.0400. The highest BCUT2D eigenvalue weighted by Gasteiger charge is 2.45. The summed E-state index contributed by atoms with van der Waals surface area (Å²) < 4.78 is 0. The first-order valence-electron chi connectivity index (χ1n) is 6.61. The zero-order valence-electron chi connectivity index (χ0n) is 11.3. The minimum absolute atomic E-state index is 0.0885. The summed E-state index contributed by atoms with van der Waals surface area (Å²) in [6, 6.07) is 0. The monoisotopic (exact) mass is 211 g/mol. The Morgan fingerprint density at radius 3 is 2.40 bits per heavy atom. The van der Waals surface area contributed by atoms with Gasteiger partial charge in [0.1, 0.15) is 0 Å². The molecule has 1 heteroatoms. The number of nitrogens with two attached hydrogens (primary N) is 1. The topological polar surface area (TPSA) is 26.0 Å². The molecule has 0 spiro atoms. The van der Waals surface area contributed by atoms with Crippen LogP contribution in [0.2, 0.25) is 0 Å². The molecule has 1 aliphatic carbocycles. The Bertz CT molecular complexity index is 204. The van der Waals surface area contributed by atoms with Crippen LogP contribution in [0.15, 0.2) is 0 Å². The van der Waals surface area contributed by atoms with E-state index in [0.717, 1.165) is 0 Å². The molecule has 2 N–H and O–H groups in total. The fraction of sp³-hybridized carbons (Fsp3) is 1.00. The van der Waals surface area contributed by atoms with E-state index >= 15 is 0 Å². The van der Waals surface area contributed by atoms with Crippen LogP contribution < -0.4 is 5.73 Å². The Morgan fingerprint density at radius 1 is 1.33 bits per heavy atom. The smallest absolute Gasteiger partial charge is 0.0213 e. The lowest BCUT2D eigenvalue weighted by atomic mass is 9.58. The van der Waals surface area contributed by atoms with Crippen LogP contribution in [0.3, 0.4) is 0 Å². The summed E-state index contributed by atoms with van der Waals surface area (Å²) in [7, 11) is 0. The summed E-state index contributed by atoms with van der Waals surface area (Å²) in [5, 5.41) is 0. The largest absolute Gasteiger partial charge is 0.325 e. The van der Waals surface area contributed by atoms with Crippen molar-refractivity contribution in [3.8, 4) is 0 Å². The molecular weight excluding hydrogens is 182 g/mol. The van der Waals surface area contributed by atoms with Crippen LogP contribution in [0.4, 0.5) is 0 Å². The summed E-state index contributed by atoms with van der Waals surface area (Å²) in [6.45, 7) is 11.7. The van der Waals surface area contributed by atoms with Gasteiger partial charge in [-0.05, 0) is 30.1 Å². The van der Waals surface area contributed by atoms with Gasteiger partial charge < -0.3 is 5.73 Å². The number of rotatable bonds is 2. The Morgan fingerprint density at radius 2 is 1.93 bits per heavy atom. The second-order valence-corrected chi connectivity index (χ2v) is 6.59. The van der Waals surface area contributed by atoms with E-state index in [0.29, 0.717) is 17.3 Å². The lowest BCUT2D eigenvalue weighted by molar-refractivity contribution is 0.0400. The van der Waals surface area contributed by atoms with Gasteiger partial charge in [0.05, 0.1) is 0 Å². The van der Waals surface area contributed by atoms with Crippen LogP contribution in [0.5, 0.6) is 0 Å². The summed E-state index contributed by atoms with van der Waals surface area (Å²) in [5.41, 5.74) is 7.19. The average molecular weight is 211 g/mol. The molecule has 3 unspecified atom stereocenters. The van der Waals surface area contributed by atoms with E-state index in [4.69, 9.17) is 5.73 Å². The van der Waals surface area contributed by atoms with Gasteiger partial charge in [-0.1, -0.05) is 53.9 Å². The third kappa shape index (κ3) is 2.55. The van der Waals surface area contributed by atoms with Crippen molar-refractivity contribution in [2.24, 2.45) is 23.0 Å². The number of hydrogen-bond donors (Lipinski definition) is 1. The van der Waals surface area contributed by atoms with Crippen molar-refractivity contribution in [1.82, 2.24) is 0 Å². The predicted octanol–water partition coefficient (Wildman–Crippen LogP) is 3.97. The van der Waals surface area contributed by atoms with Crippen LogP contribution >= 0.6 is 0 Å². The maximum atomic E-state index is 6.74.